The molecule has 4 aromatic carbocycles. The van der Waals surface area contributed by atoms with E-state index in [1.807, 2.05) is 36.4 Å². The number of carboxylic acid groups (broad SMARTS) is 1. The molecule has 0 bridgehead atoms. The van der Waals surface area contributed by atoms with Crippen LogP contribution in [0.4, 0.5) is 5.69 Å². The van der Waals surface area contributed by atoms with Gasteiger partial charge in [0.25, 0.3) is 0 Å². The molecule has 40 heavy (non-hydrogen) atoms. The van der Waals surface area contributed by atoms with E-state index in [4.69, 9.17) is 37.4 Å². The summed E-state index contributed by atoms with van der Waals surface area (Å²) >= 11 is 12.4. The van der Waals surface area contributed by atoms with Gasteiger partial charge in [0.1, 0.15) is 17.1 Å². The Balaban J connectivity index is 1.19. The molecular formula is C31H26Cl2N2O5. The van der Waals surface area contributed by atoms with Crippen molar-refractivity contribution in [2.45, 2.75) is 6.54 Å². The molecule has 0 spiro atoms. The molecule has 0 aromatic heterocycles. The molecule has 0 unspecified atom stereocenters. The highest BCUT2D eigenvalue weighted by molar-refractivity contribution is 6.32. The van der Waals surface area contributed by atoms with Crippen LogP contribution in [-0.2, 0) is 6.54 Å². The van der Waals surface area contributed by atoms with Crippen molar-refractivity contribution in [3.63, 3.8) is 0 Å². The number of nitrogens with zero attached hydrogens (tertiary/aromatic N) is 2. The summed E-state index contributed by atoms with van der Waals surface area (Å²) in [7, 11) is 0. The Bertz CT molecular complexity index is 1550. The van der Waals surface area contributed by atoms with E-state index >= 15 is 0 Å². The van der Waals surface area contributed by atoms with Crippen LogP contribution in [0.25, 0.3) is 11.1 Å². The summed E-state index contributed by atoms with van der Waals surface area (Å²) in [5, 5.41) is 10.8. The minimum Gasteiger partial charge on any atom is -0.478 e. The van der Waals surface area contributed by atoms with Gasteiger partial charge in [0, 0.05) is 49.5 Å². The van der Waals surface area contributed by atoms with Crippen LogP contribution >= 0.6 is 23.2 Å². The monoisotopic (exact) mass is 576 g/mol. The highest BCUT2D eigenvalue weighted by Gasteiger charge is 2.23. The molecule has 0 atom stereocenters. The van der Waals surface area contributed by atoms with Crippen molar-refractivity contribution in [3.05, 3.63) is 100 Å². The largest absolute Gasteiger partial charge is 0.478 e. The van der Waals surface area contributed by atoms with Gasteiger partial charge in [-0.2, -0.15) is 0 Å². The fourth-order valence-corrected chi connectivity index (χ4v) is 5.33. The lowest BCUT2D eigenvalue weighted by molar-refractivity contribution is 0.0694. The Morgan fingerprint density at radius 2 is 1.57 bits per heavy atom. The van der Waals surface area contributed by atoms with Crippen LogP contribution < -0.4 is 19.1 Å². The van der Waals surface area contributed by atoms with Gasteiger partial charge >= 0.3 is 5.97 Å². The van der Waals surface area contributed by atoms with E-state index < -0.39 is 5.97 Å². The summed E-state index contributed by atoms with van der Waals surface area (Å²) in [6.07, 6.45) is 0. The lowest BCUT2D eigenvalue weighted by Crippen LogP contribution is -2.46. The fraction of sp³-hybridized carbons (Fsp3) is 0.194. The standard InChI is InChI=1S/C31H26Cl2N2O5/c32-22-7-5-20(6-8-22)25-17-30-29(38-19-39-30)15-21(25)18-34-11-13-35(14-12-34)23-9-10-24(31(36)37)28(16-23)40-27-4-2-1-3-26(27)33/h1-10,15-17H,11-14,18-19H2,(H,36,37). The molecule has 1 saturated heterocycles. The first-order valence-corrected chi connectivity index (χ1v) is 13.7. The third-order valence-corrected chi connectivity index (χ3v) is 7.70. The van der Waals surface area contributed by atoms with Crippen LogP contribution in [0, 0.1) is 0 Å². The zero-order chi connectivity index (χ0) is 27.6. The quantitative estimate of drug-likeness (QED) is 0.249. The lowest BCUT2D eigenvalue weighted by Gasteiger charge is -2.36. The molecule has 2 aliphatic heterocycles. The van der Waals surface area contributed by atoms with Gasteiger partial charge in [-0.3, -0.25) is 4.90 Å². The highest BCUT2D eigenvalue weighted by Crippen LogP contribution is 2.40. The first-order chi connectivity index (χ1) is 19.4. The molecule has 1 N–H and O–H groups in total. The SMILES string of the molecule is O=C(O)c1ccc(N2CCN(Cc3cc4c(cc3-c3ccc(Cl)cc3)OCO4)CC2)cc1Oc1ccccc1Cl. The lowest BCUT2D eigenvalue weighted by atomic mass is 9.98. The zero-order valence-corrected chi connectivity index (χ0v) is 23.0. The van der Waals surface area contributed by atoms with Crippen molar-refractivity contribution >= 4 is 34.9 Å². The van der Waals surface area contributed by atoms with Crippen LogP contribution in [-0.4, -0.2) is 48.9 Å². The second kappa shape index (κ2) is 11.3. The van der Waals surface area contributed by atoms with Crippen LogP contribution in [0.2, 0.25) is 10.0 Å². The third kappa shape index (κ3) is 5.54. The van der Waals surface area contributed by atoms with E-state index in [1.54, 1.807) is 36.4 Å². The predicted octanol–water partition coefficient (Wildman–Crippen LogP) is 7.20. The van der Waals surface area contributed by atoms with Gasteiger partial charge in [0.2, 0.25) is 6.79 Å². The fourth-order valence-electron chi connectivity index (χ4n) is 5.03. The van der Waals surface area contributed by atoms with Gasteiger partial charge in [-0.25, -0.2) is 4.79 Å². The van der Waals surface area contributed by atoms with Crippen molar-refractivity contribution in [2.24, 2.45) is 0 Å². The minimum absolute atomic E-state index is 0.0832. The molecule has 9 heteroatoms. The average Bonchev–Trinajstić information content (AvgIpc) is 3.42. The Morgan fingerprint density at radius 3 is 2.30 bits per heavy atom. The predicted molar refractivity (Wildman–Crippen MR) is 155 cm³/mol. The maximum Gasteiger partial charge on any atom is 0.339 e. The van der Waals surface area contributed by atoms with Gasteiger partial charge in [-0.05, 0) is 65.2 Å². The summed E-state index contributed by atoms with van der Waals surface area (Å²) in [5.41, 5.74) is 4.30. The Morgan fingerprint density at radius 1 is 0.850 bits per heavy atom. The normalized spacial score (nSPS) is 14.8. The number of halogens is 2. The number of rotatable bonds is 7. The highest BCUT2D eigenvalue weighted by atomic mass is 35.5. The van der Waals surface area contributed by atoms with Crippen molar-refractivity contribution in [1.29, 1.82) is 0 Å². The molecule has 204 valence electrons. The first kappa shape index (κ1) is 26.3. The Kier molecular flexibility index (Phi) is 7.43. The number of anilines is 1. The van der Waals surface area contributed by atoms with E-state index in [1.165, 1.54) is 0 Å². The zero-order valence-electron chi connectivity index (χ0n) is 21.5. The summed E-state index contributed by atoms with van der Waals surface area (Å²) < 4.78 is 17.3. The number of hydrogen-bond acceptors (Lipinski definition) is 6. The smallest absolute Gasteiger partial charge is 0.339 e. The van der Waals surface area contributed by atoms with E-state index in [-0.39, 0.29) is 18.1 Å². The van der Waals surface area contributed by atoms with Crippen LogP contribution in [0.3, 0.4) is 0 Å². The minimum atomic E-state index is -1.06. The number of benzene rings is 4. The van der Waals surface area contributed by atoms with Crippen LogP contribution in [0.5, 0.6) is 23.0 Å². The van der Waals surface area contributed by atoms with Gasteiger partial charge in [0.15, 0.2) is 11.5 Å². The summed E-state index contributed by atoms with van der Waals surface area (Å²) in [5.74, 6) is 1.12. The van der Waals surface area contributed by atoms with E-state index in [0.717, 1.165) is 66.6 Å². The van der Waals surface area contributed by atoms with Gasteiger partial charge in [0.05, 0.1) is 5.02 Å². The molecule has 0 amide bonds. The molecule has 0 saturated carbocycles. The Labute approximate surface area is 242 Å². The van der Waals surface area contributed by atoms with Crippen LogP contribution in [0.15, 0.2) is 78.9 Å². The number of hydrogen-bond donors (Lipinski definition) is 1. The van der Waals surface area contributed by atoms with Gasteiger partial charge < -0.3 is 24.2 Å². The second-order valence-corrected chi connectivity index (χ2v) is 10.5. The third-order valence-electron chi connectivity index (χ3n) is 7.14. The molecule has 2 aliphatic rings. The van der Waals surface area contributed by atoms with Crippen LogP contribution in [0.1, 0.15) is 15.9 Å². The molecule has 2 heterocycles. The summed E-state index contributed by atoms with van der Waals surface area (Å²) in [6, 6.07) is 24.1. The molecule has 0 radical (unpaired) electrons. The number of carbonyl (C=O) groups is 1. The van der Waals surface area contributed by atoms with E-state index in [0.29, 0.717) is 15.8 Å². The number of para-hydroxylation sites is 1. The average molecular weight is 577 g/mol. The van der Waals surface area contributed by atoms with Crippen molar-refractivity contribution < 1.29 is 24.1 Å². The number of carboxylic acids is 1. The topological polar surface area (TPSA) is 71.5 Å². The maximum absolute atomic E-state index is 11.9. The molecule has 1 fully saturated rings. The van der Waals surface area contributed by atoms with Crippen molar-refractivity contribution in [2.75, 3.05) is 37.9 Å². The number of aromatic carboxylic acids is 1. The maximum atomic E-state index is 11.9. The van der Waals surface area contributed by atoms with Gasteiger partial charge in [-0.15, -0.1) is 0 Å². The molecule has 6 rings (SSSR count). The molecule has 4 aromatic rings. The van der Waals surface area contributed by atoms with Crippen molar-refractivity contribution in [1.82, 2.24) is 4.90 Å². The number of piperazine rings is 1. The number of ether oxygens (including phenoxy) is 3. The first-order valence-electron chi connectivity index (χ1n) is 12.9. The number of fused-ring (bicyclic) bond motifs is 1. The second-order valence-electron chi connectivity index (χ2n) is 9.65. The molecule has 7 nitrogen and oxygen atoms in total. The van der Waals surface area contributed by atoms with E-state index in [9.17, 15) is 9.90 Å². The molecule has 0 aliphatic carbocycles. The Hall–Kier alpha value is -3.91. The van der Waals surface area contributed by atoms with E-state index in [2.05, 4.69) is 15.9 Å². The van der Waals surface area contributed by atoms with Gasteiger partial charge in [-0.1, -0.05) is 47.5 Å². The molecular weight excluding hydrogens is 551 g/mol. The summed E-state index contributed by atoms with van der Waals surface area (Å²) in [4.78, 5) is 16.5. The van der Waals surface area contributed by atoms with Crippen molar-refractivity contribution in [3.8, 4) is 34.1 Å². The summed E-state index contributed by atoms with van der Waals surface area (Å²) in [6.45, 7) is 4.19.